The van der Waals surface area contributed by atoms with Crippen molar-refractivity contribution in [1.82, 2.24) is 0 Å². The van der Waals surface area contributed by atoms with Crippen LogP contribution in [0.15, 0.2) is 12.7 Å². The molecule has 0 atom stereocenters. The van der Waals surface area contributed by atoms with Gasteiger partial charge in [-0.3, -0.25) is 0 Å². The zero-order chi connectivity index (χ0) is 7.61. The Hall–Kier alpha value is -0.340. The Bertz CT molecular complexity index is 123. The minimum Gasteiger partial charge on any atom is -0.346 e. The molecule has 1 fully saturated rings. The van der Waals surface area contributed by atoms with Gasteiger partial charge in [0, 0.05) is 5.92 Å². The van der Waals surface area contributed by atoms with E-state index >= 15 is 0 Å². The molecule has 0 aliphatic carbocycles. The fourth-order valence-corrected chi connectivity index (χ4v) is 0.753. The van der Waals surface area contributed by atoms with Gasteiger partial charge in [-0.1, -0.05) is 6.58 Å². The van der Waals surface area contributed by atoms with Crippen LogP contribution in [-0.4, -0.2) is 19.0 Å². The van der Waals surface area contributed by atoms with Crippen LogP contribution >= 0.6 is 0 Å². The van der Waals surface area contributed by atoms with Crippen molar-refractivity contribution >= 4 is 0 Å². The molecule has 0 bridgehead atoms. The minimum atomic E-state index is -0.615. The van der Waals surface area contributed by atoms with Crippen molar-refractivity contribution < 1.29 is 9.47 Å². The Labute approximate surface area is 61.8 Å². The van der Waals surface area contributed by atoms with Gasteiger partial charge in [0.2, 0.25) is 0 Å². The van der Waals surface area contributed by atoms with Crippen LogP contribution in [-0.2, 0) is 9.47 Å². The van der Waals surface area contributed by atoms with Gasteiger partial charge in [0.05, 0.1) is 13.2 Å². The summed E-state index contributed by atoms with van der Waals surface area (Å²) >= 11 is 0. The maximum atomic E-state index is 5.53. The van der Waals surface area contributed by atoms with E-state index in [0.29, 0.717) is 13.2 Å². The highest BCUT2D eigenvalue weighted by atomic mass is 16.7. The third-order valence-electron chi connectivity index (χ3n) is 1.54. The van der Waals surface area contributed by atoms with E-state index in [-0.39, 0.29) is 5.92 Å². The van der Waals surface area contributed by atoms with Crippen molar-refractivity contribution in [1.29, 1.82) is 0 Å². The van der Waals surface area contributed by atoms with Crippen LogP contribution in [0.4, 0.5) is 0 Å². The SMILES string of the molecule is [CH]C1COC(C)(C=C)OC1. The number of ether oxygens (including phenoxy) is 2. The average molecular weight is 140 g/mol. The molecule has 1 saturated heterocycles. The highest BCUT2D eigenvalue weighted by Gasteiger charge is 2.27. The first-order valence-corrected chi connectivity index (χ1v) is 3.33. The highest BCUT2D eigenvalue weighted by molar-refractivity contribution is 4.88. The molecule has 2 heteroatoms. The lowest BCUT2D eigenvalue weighted by molar-refractivity contribution is -0.237. The Morgan fingerprint density at radius 1 is 1.60 bits per heavy atom. The smallest absolute Gasteiger partial charge is 0.184 e. The summed E-state index contributed by atoms with van der Waals surface area (Å²) in [6.45, 7) is 12.0. The standard InChI is InChI=1S/C8H12O2/c1-4-8(3)9-5-7(2)6-10-8/h2,4,7H,1,5-6H2,3H3. The van der Waals surface area contributed by atoms with Crippen LogP contribution < -0.4 is 0 Å². The van der Waals surface area contributed by atoms with Crippen molar-refractivity contribution in [2.75, 3.05) is 13.2 Å². The van der Waals surface area contributed by atoms with Crippen LogP contribution in [0.2, 0.25) is 0 Å². The van der Waals surface area contributed by atoms with Gasteiger partial charge < -0.3 is 9.47 Å². The molecule has 1 rings (SSSR count). The lowest BCUT2D eigenvalue weighted by Crippen LogP contribution is -2.39. The molecule has 0 unspecified atom stereocenters. The van der Waals surface area contributed by atoms with Crippen molar-refractivity contribution in [3.05, 3.63) is 19.6 Å². The molecule has 0 amide bonds. The predicted molar refractivity (Wildman–Crippen MR) is 38.3 cm³/mol. The second kappa shape index (κ2) is 2.72. The van der Waals surface area contributed by atoms with Gasteiger partial charge in [-0.05, 0) is 19.9 Å². The molecule has 0 aromatic heterocycles. The molecular weight excluding hydrogens is 128 g/mol. The monoisotopic (exact) mass is 140 g/mol. The number of rotatable bonds is 1. The van der Waals surface area contributed by atoms with Gasteiger partial charge in [0.1, 0.15) is 0 Å². The molecule has 0 spiro atoms. The van der Waals surface area contributed by atoms with E-state index in [9.17, 15) is 0 Å². The van der Waals surface area contributed by atoms with E-state index in [4.69, 9.17) is 16.4 Å². The molecule has 1 aliphatic heterocycles. The van der Waals surface area contributed by atoms with E-state index in [1.165, 1.54) is 0 Å². The van der Waals surface area contributed by atoms with Gasteiger partial charge in [0.25, 0.3) is 0 Å². The summed E-state index contributed by atoms with van der Waals surface area (Å²) < 4.78 is 10.5. The normalized spacial score (nSPS) is 41.2. The zero-order valence-corrected chi connectivity index (χ0v) is 6.17. The van der Waals surface area contributed by atoms with E-state index in [2.05, 4.69) is 6.58 Å². The second-order valence-electron chi connectivity index (χ2n) is 2.60. The molecule has 0 saturated carbocycles. The van der Waals surface area contributed by atoms with Crippen molar-refractivity contribution in [3.63, 3.8) is 0 Å². The predicted octanol–water partition coefficient (Wildman–Crippen LogP) is 1.26. The molecule has 2 nitrogen and oxygen atoms in total. The van der Waals surface area contributed by atoms with Crippen LogP contribution in [0.1, 0.15) is 6.92 Å². The topological polar surface area (TPSA) is 18.5 Å². The summed E-state index contributed by atoms with van der Waals surface area (Å²) in [5, 5.41) is 0. The van der Waals surface area contributed by atoms with Gasteiger partial charge >= 0.3 is 0 Å². The first kappa shape index (κ1) is 7.76. The Morgan fingerprint density at radius 3 is 2.50 bits per heavy atom. The van der Waals surface area contributed by atoms with E-state index in [1.807, 2.05) is 6.92 Å². The first-order valence-electron chi connectivity index (χ1n) is 3.33. The van der Waals surface area contributed by atoms with Gasteiger partial charge in [0.15, 0.2) is 5.79 Å². The molecule has 2 radical (unpaired) electrons. The summed E-state index contributed by atoms with van der Waals surface area (Å²) in [6.07, 6.45) is 1.64. The summed E-state index contributed by atoms with van der Waals surface area (Å²) in [4.78, 5) is 0. The summed E-state index contributed by atoms with van der Waals surface area (Å²) in [5.41, 5.74) is 0. The van der Waals surface area contributed by atoms with E-state index in [0.717, 1.165) is 0 Å². The fourth-order valence-electron chi connectivity index (χ4n) is 0.753. The fraction of sp³-hybridized carbons (Fsp3) is 0.625. The Kier molecular flexibility index (Phi) is 2.11. The van der Waals surface area contributed by atoms with Gasteiger partial charge in [-0.2, -0.15) is 0 Å². The van der Waals surface area contributed by atoms with Crippen LogP contribution in [0.25, 0.3) is 0 Å². The maximum Gasteiger partial charge on any atom is 0.184 e. The highest BCUT2D eigenvalue weighted by Crippen LogP contribution is 2.21. The third kappa shape index (κ3) is 1.58. The van der Waals surface area contributed by atoms with E-state index < -0.39 is 5.79 Å². The molecule has 0 aromatic carbocycles. The largest absolute Gasteiger partial charge is 0.346 e. The van der Waals surface area contributed by atoms with Crippen LogP contribution in [0, 0.1) is 12.8 Å². The van der Waals surface area contributed by atoms with Crippen LogP contribution in [0.5, 0.6) is 0 Å². The van der Waals surface area contributed by atoms with Crippen molar-refractivity contribution in [2.45, 2.75) is 12.7 Å². The molecule has 1 aliphatic rings. The summed E-state index contributed by atoms with van der Waals surface area (Å²) in [7, 11) is 0. The molecule has 0 N–H and O–H groups in total. The number of hydrogen-bond acceptors (Lipinski definition) is 2. The number of hydrogen-bond donors (Lipinski definition) is 0. The van der Waals surface area contributed by atoms with Crippen molar-refractivity contribution in [3.8, 4) is 0 Å². The molecule has 0 aromatic rings. The second-order valence-corrected chi connectivity index (χ2v) is 2.60. The van der Waals surface area contributed by atoms with Gasteiger partial charge in [-0.15, -0.1) is 0 Å². The quantitative estimate of drug-likeness (QED) is 0.510. The lowest BCUT2D eigenvalue weighted by Gasteiger charge is -2.33. The summed E-state index contributed by atoms with van der Waals surface area (Å²) in [6, 6.07) is 0. The van der Waals surface area contributed by atoms with E-state index in [1.54, 1.807) is 6.08 Å². The molecule has 10 heavy (non-hydrogen) atoms. The molecular formula is C8H12O2. The molecule has 56 valence electrons. The minimum absolute atomic E-state index is 0.00743. The van der Waals surface area contributed by atoms with Crippen molar-refractivity contribution in [2.24, 2.45) is 5.92 Å². The molecule has 1 heterocycles. The maximum absolute atomic E-state index is 5.53. The Balaban J connectivity index is 2.46. The van der Waals surface area contributed by atoms with Crippen LogP contribution in [0.3, 0.4) is 0 Å². The first-order chi connectivity index (χ1) is 4.66. The zero-order valence-electron chi connectivity index (χ0n) is 6.17. The van der Waals surface area contributed by atoms with Gasteiger partial charge in [-0.25, -0.2) is 0 Å². The average Bonchev–Trinajstić information content (AvgIpc) is 1.96. The Morgan fingerprint density at radius 2 is 2.10 bits per heavy atom. The third-order valence-corrected chi connectivity index (χ3v) is 1.54. The lowest BCUT2D eigenvalue weighted by atomic mass is 10.2. The summed E-state index contributed by atoms with van der Waals surface area (Å²) in [5.74, 6) is -0.608.